The van der Waals surface area contributed by atoms with Crippen molar-refractivity contribution in [3.63, 3.8) is 0 Å². The number of nitrogens with zero attached hydrogens (tertiary/aromatic N) is 2. The molecule has 0 saturated carbocycles. The minimum atomic E-state index is -0.739. The molecule has 9 nitrogen and oxygen atoms in total. The first-order valence-corrected chi connectivity index (χ1v) is 9.85. The number of carbonyl (C=O) groups is 3. The van der Waals surface area contributed by atoms with Gasteiger partial charge < -0.3 is 19.7 Å². The molecular weight excluding hydrogens is 376 g/mol. The largest absolute Gasteiger partial charge is 0.484 e. The SMILES string of the molecule is O=C(COc1ccc(C=NNC(=O)C(=O)N2CCCC2)cc1)NCC1CCCO1. The van der Waals surface area contributed by atoms with Gasteiger partial charge >= 0.3 is 11.8 Å². The average molecular weight is 402 g/mol. The summed E-state index contributed by atoms with van der Waals surface area (Å²) in [6, 6.07) is 6.87. The number of hydrogen-bond acceptors (Lipinski definition) is 6. The minimum Gasteiger partial charge on any atom is -0.484 e. The fourth-order valence-corrected chi connectivity index (χ4v) is 3.16. The molecule has 2 aliphatic rings. The van der Waals surface area contributed by atoms with Gasteiger partial charge in [0.1, 0.15) is 5.75 Å². The standard InChI is InChI=1S/C20H26N4O5/c25-18(21-13-17-4-3-11-28-17)14-29-16-7-5-15(6-8-16)12-22-23-19(26)20(27)24-9-1-2-10-24/h5-8,12,17H,1-4,9-11,13-14H2,(H,21,25)(H,23,26). The summed E-state index contributed by atoms with van der Waals surface area (Å²) in [5, 5.41) is 6.60. The Morgan fingerprint density at radius 2 is 1.93 bits per heavy atom. The first-order valence-electron chi connectivity index (χ1n) is 9.85. The number of amides is 3. The molecule has 2 heterocycles. The van der Waals surface area contributed by atoms with E-state index in [9.17, 15) is 14.4 Å². The quantitative estimate of drug-likeness (QED) is 0.391. The molecule has 156 valence electrons. The average Bonchev–Trinajstić information content (AvgIpc) is 3.45. The van der Waals surface area contributed by atoms with E-state index in [0.717, 1.165) is 32.3 Å². The first-order chi connectivity index (χ1) is 14.1. The van der Waals surface area contributed by atoms with Crippen LogP contribution in [-0.2, 0) is 19.1 Å². The summed E-state index contributed by atoms with van der Waals surface area (Å²) in [5.41, 5.74) is 2.96. The van der Waals surface area contributed by atoms with E-state index in [2.05, 4.69) is 15.8 Å². The van der Waals surface area contributed by atoms with E-state index in [1.165, 1.54) is 11.1 Å². The zero-order valence-corrected chi connectivity index (χ0v) is 16.3. The zero-order valence-electron chi connectivity index (χ0n) is 16.3. The van der Waals surface area contributed by atoms with Gasteiger partial charge in [-0.1, -0.05) is 0 Å². The molecule has 2 fully saturated rings. The summed E-state index contributed by atoms with van der Waals surface area (Å²) in [7, 11) is 0. The van der Waals surface area contributed by atoms with E-state index >= 15 is 0 Å². The Morgan fingerprint density at radius 1 is 1.17 bits per heavy atom. The van der Waals surface area contributed by atoms with Crippen molar-refractivity contribution in [2.24, 2.45) is 5.10 Å². The molecule has 0 aliphatic carbocycles. The number of hydrazone groups is 1. The molecule has 0 aromatic heterocycles. The normalized spacial score (nSPS) is 18.8. The Labute approximate surface area is 169 Å². The van der Waals surface area contributed by atoms with E-state index in [0.29, 0.717) is 30.9 Å². The lowest BCUT2D eigenvalue weighted by atomic mass is 10.2. The van der Waals surface area contributed by atoms with Crippen molar-refractivity contribution in [1.82, 2.24) is 15.6 Å². The second-order valence-electron chi connectivity index (χ2n) is 7.00. The Morgan fingerprint density at radius 3 is 2.62 bits per heavy atom. The summed E-state index contributed by atoms with van der Waals surface area (Å²) < 4.78 is 10.9. The Balaban J connectivity index is 1.36. The minimum absolute atomic E-state index is 0.0746. The maximum absolute atomic E-state index is 11.9. The van der Waals surface area contributed by atoms with Crippen molar-refractivity contribution in [2.75, 3.05) is 32.8 Å². The smallest absolute Gasteiger partial charge is 0.329 e. The van der Waals surface area contributed by atoms with Gasteiger partial charge in [0.15, 0.2) is 6.61 Å². The van der Waals surface area contributed by atoms with Crippen LogP contribution in [0.5, 0.6) is 5.75 Å². The maximum Gasteiger partial charge on any atom is 0.329 e. The number of rotatable bonds is 7. The maximum atomic E-state index is 11.9. The highest BCUT2D eigenvalue weighted by Gasteiger charge is 2.23. The fourth-order valence-electron chi connectivity index (χ4n) is 3.16. The van der Waals surface area contributed by atoms with E-state index in [1.807, 2.05) is 0 Å². The highest BCUT2D eigenvalue weighted by molar-refractivity contribution is 6.35. The summed E-state index contributed by atoms with van der Waals surface area (Å²) in [4.78, 5) is 37.0. The topological polar surface area (TPSA) is 109 Å². The van der Waals surface area contributed by atoms with Gasteiger partial charge in [-0.3, -0.25) is 14.4 Å². The van der Waals surface area contributed by atoms with Gasteiger partial charge in [-0.25, -0.2) is 5.43 Å². The van der Waals surface area contributed by atoms with Crippen molar-refractivity contribution in [3.8, 4) is 5.75 Å². The van der Waals surface area contributed by atoms with Crippen molar-refractivity contribution >= 4 is 23.9 Å². The summed E-state index contributed by atoms with van der Waals surface area (Å²) in [6.07, 6.45) is 5.39. The molecule has 3 rings (SSSR count). The lowest BCUT2D eigenvalue weighted by Crippen LogP contribution is -2.39. The summed E-state index contributed by atoms with van der Waals surface area (Å²) in [6.45, 7) is 2.41. The van der Waals surface area contributed by atoms with Crippen LogP contribution in [0.4, 0.5) is 0 Å². The number of likely N-dealkylation sites (tertiary alicyclic amines) is 1. The van der Waals surface area contributed by atoms with Crippen LogP contribution < -0.4 is 15.5 Å². The molecule has 0 spiro atoms. The van der Waals surface area contributed by atoms with E-state index in [-0.39, 0.29) is 18.6 Å². The van der Waals surface area contributed by atoms with Crippen LogP contribution in [0.3, 0.4) is 0 Å². The van der Waals surface area contributed by atoms with Crippen molar-refractivity contribution < 1.29 is 23.9 Å². The van der Waals surface area contributed by atoms with Crippen LogP contribution in [0.25, 0.3) is 0 Å². The Hall–Kier alpha value is -2.94. The molecule has 1 aromatic carbocycles. The van der Waals surface area contributed by atoms with Crippen LogP contribution in [0.15, 0.2) is 29.4 Å². The second-order valence-corrected chi connectivity index (χ2v) is 7.00. The van der Waals surface area contributed by atoms with E-state index in [1.54, 1.807) is 24.3 Å². The van der Waals surface area contributed by atoms with Crippen LogP contribution in [0.2, 0.25) is 0 Å². The number of ether oxygens (including phenoxy) is 2. The highest BCUT2D eigenvalue weighted by Crippen LogP contribution is 2.12. The molecule has 1 aromatic rings. The van der Waals surface area contributed by atoms with Crippen LogP contribution in [-0.4, -0.2) is 67.8 Å². The van der Waals surface area contributed by atoms with E-state index in [4.69, 9.17) is 9.47 Å². The third-order valence-corrected chi connectivity index (χ3v) is 4.77. The molecular formula is C20H26N4O5. The number of nitrogens with one attached hydrogen (secondary N) is 2. The van der Waals surface area contributed by atoms with Gasteiger partial charge in [-0.15, -0.1) is 0 Å². The van der Waals surface area contributed by atoms with Crippen LogP contribution >= 0.6 is 0 Å². The molecule has 0 bridgehead atoms. The number of carbonyl (C=O) groups excluding carboxylic acids is 3. The lowest BCUT2D eigenvalue weighted by Gasteiger charge is -2.12. The molecule has 2 saturated heterocycles. The molecule has 2 N–H and O–H groups in total. The fraction of sp³-hybridized carbons (Fsp3) is 0.500. The predicted octanol–water partition coefficient (Wildman–Crippen LogP) is 0.433. The van der Waals surface area contributed by atoms with Crippen molar-refractivity contribution in [3.05, 3.63) is 29.8 Å². The molecule has 3 amide bonds. The first kappa shape index (κ1) is 20.8. The van der Waals surface area contributed by atoms with Crippen LogP contribution in [0.1, 0.15) is 31.2 Å². The van der Waals surface area contributed by atoms with Gasteiger partial charge in [0.25, 0.3) is 5.91 Å². The summed E-state index contributed by atoms with van der Waals surface area (Å²) >= 11 is 0. The summed E-state index contributed by atoms with van der Waals surface area (Å²) in [5.74, 6) is -0.947. The molecule has 29 heavy (non-hydrogen) atoms. The number of hydrogen-bond donors (Lipinski definition) is 2. The Bertz CT molecular complexity index is 738. The van der Waals surface area contributed by atoms with Gasteiger partial charge in [-0.05, 0) is 55.5 Å². The molecule has 9 heteroatoms. The molecule has 1 unspecified atom stereocenters. The third kappa shape index (κ3) is 6.56. The highest BCUT2D eigenvalue weighted by atomic mass is 16.5. The Kier molecular flexibility index (Phi) is 7.57. The van der Waals surface area contributed by atoms with Gasteiger partial charge in [0.05, 0.1) is 12.3 Å². The lowest BCUT2D eigenvalue weighted by molar-refractivity contribution is -0.145. The van der Waals surface area contributed by atoms with E-state index < -0.39 is 11.8 Å². The van der Waals surface area contributed by atoms with Gasteiger partial charge in [0.2, 0.25) is 0 Å². The van der Waals surface area contributed by atoms with Gasteiger partial charge in [0, 0.05) is 26.2 Å². The third-order valence-electron chi connectivity index (χ3n) is 4.77. The van der Waals surface area contributed by atoms with Gasteiger partial charge in [-0.2, -0.15) is 5.10 Å². The van der Waals surface area contributed by atoms with Crippen molar-refractivity contribution in [2.45, 2.75) is 31.8 Å². The molecule has 0 radical (unpaired) electrons. The van der Waals surface area contributed by atoms with Crippen molar-refractivity contribution in [1.29, 1.82) is 0 Å². The van der Waals surface area contributed by atoms with Crippen LogP contribution in [0, 0.1) is 0 Å². The monoisotopic (exact) mass is 402 g/mol. The predicted molar refractivity (Wildman–Crippen MR) is 105 cm³/mol. The second kappa shape index (κ2) is 10.6. The molecule has 2 aliphatic heterocycles. The number of benzene rings is 1. The zero-order chi connectivity index (χ0) is 20.5. The molecule has 1 atom stereocenters.